The summed E-state index contributed by atoms with van der Waals surface area (Å²) in [4.78, 5) is 0. The molecule has 0 aliphatic rings. The first kappa shape index (κ1) is 13.6. The highest BCUT2D eigenvalue weighted by Crippen LogP contribution is 2.45. The number of para-hydroxylation sites is 1. The lowest BCUT2D eigenvalue weighted by molar-refractivity contribution is -0.291. The van der Waals surface area contributed by atoms with Crippen molar-refractivity contribution in [3.05, 3.63) is 29.6 Å². The predicted octanol–water partition coefficient (Wildman–Crippen LogP) is 2.73. The smallest absolute Gasteiger partial charge is 0.455 e. The number of phenols is 1. The van der Waals surface area contributed by atoms with Gasteiger partial charge in [-0.05, 0) is 6.07 Å². The van der Waals surface area contributed by atoms with Crippen molar-refractivity contribution in [3.63, 3.8) is 0 Å². The van der Waals surface area contributed by atoms with Crippen LogP contribution in [0.3, 0.4) is 0 Å². The van der Waals surface area contributed by atoms with E-state index in [0.29, 0.717) is 12.1 Å². The molecule has 0 radical (unpaired) electrons. The molecule has 17 heavy (non-hydrogen) atoms. The van der Waals surface area contributed by atoms with Crippen molar-refractivity contribution in [2.45, 2.75) is 18.1 Å². The van der Waals surface area contributed by atoms with E-state index in [0.717, 1.165) is 6.07 Å². The second-order valence-electron chi connectivity index (χ2n) is 3.28. The summed E-state index contributed by atoms with van der Waals surface area (Å²) in [6, 6.07) is -0.602. The Balaban J connectivity index is 3.22. The van der Waals surface area contributed by atoms with Crippen molar-refractivity contribution < 1.29 is 31.4 Å². The highest BCUT2D eigenvalue weighted by molar-refractivity contribution is 5.37. The van der Waals surface area contributed by atoms with Crippen LogP contribution in [0.25, 0.3) is 0 Å². The number of aromatic hydroxyl groups is 1. The summed E-state index contributed by atoms with van der Waals surface area (Å²) < 4.78 is 74.5. The van der Waals surface area contributed by atoms with Gasteiger partial charge in [-0.1, -0.05) is 12.1 Å². The van der Waals surface area contributed by atoms with Crippen LogP contribution in [0.1, 0.15) is 11.6 Å². The molecule has 1 atom stereocenters. The molecule has 1 aromatic carbocycles. The number of halogens is 6. The highest BCUT2D eigenvalue weighted by Gasteiger charge is 2.62. The minimum Gasteiger partial charge on any atom is -0.505 e. The topological polar surface area (TPSA) is 46.2 Å². The number of benzene rings is 1. The van der Waals surface area contributed by atoms with Crippen molar-refractivity contribution in [2.24, 2.45) is 5.73 Å². The highest BCUT2D eigenvalue weighted by atomic mass is 19.4. The number of hydrogen-bond donors (Lipinski definition) is 2. The third-order valence-electron chi connectivity index (χ3n) is 2.12. The first-order valence-electron chi connectivity index (χ1n) is 4.26. The van der Waals surface area contributed by atoms with Crippen LogP contribution in [0.15, 0.2) is 18.2 Å². The molecule has 0 spiro atoms. The van der Waals surface area contributed by atoms with E-state index in [9.17, 15) is 26.3 Å². The van der Waals surface area contributed by atoms with Crippen molar-refractivity contribution in [1.29, 1.82) is 0 Å². The molecule has 96 valence electrons. The van der Waals surface area contributed by atoms with Gasteiger partial charge in [-0.3, -0.25) is 0 Å². The Morgan fingerprint density at radius 2 is 1.65 bits per heavy atom. The molecule has 0 heterocycles. The first-order valence-corrected chi connectivity index (χ1v) is 4.26. The molecule has 0 fully saturated rings. The second kappa shape index (κ2) is 4.10. The van der Waals surface area contributed by atoms with Crippen LogP contribution >= 0.6 is 0 Å². The van der Waals surface area contributed by atoms with Crippen LogP contribution < -0.4 is 5.73 Å². The van der Waals surface area contributed by atoms with Gasteiger partial charge in [0.25, 0.3) is 0 Å². The number of phenolic OH excluding ortho intramolecular Hbond substituents is 1. The SMILES string of the molecule is N[C@@H](c1cccc(F)c1O)C(F)(F)C(F)(F)F. The molecule has 1 rings (SSSR count). The summed E-state index contributed by atoms with van der Waals surface area (Å²) in [5, 5.41) is 9.04. The quantitative estimate of drug-likeness (QED) is 0.802. The van der Waals surface area contributed by atoms with E-state index in [2.05, 4.69) is 0 Å². The Morgan fingerprint density at radius 1 is 1.12 bits per heavy atom. The van der Waals surface area contributed by atoms with E-state index in [-0.39, 0.29) is 0 Å². The molecular formula is C9H7F6NO. The van der Waals surface area contributed by atoms with Gasteiger partial charge in [-0.2, -0.15) is 22.0 Å². The van der Waals surface area contributed by atoms with Crippen LogP contribution in [0, 0.1) is 5.82 Å². The van der Waals surface area contributed by atoms with Gasteiger partial charge in [0.15, 0.2) is 11.6 Å². The van der Waals surface area contributed by atoms with Crippen LogP contribution in [0.4, 0.5) is 26.3 Å². The largest absolute Gasteiger partial charge is 0.505 e. The molecule has 0 bridgehead atoms. The van der Waals surface area contributed by atoms with Crippen LogP contribution in [-0.2, 0) is 0 Å². The maximum absolute atomic E-state index is 12.8. The van der Waals surface area contributed by atoms with Gasteiger partial charge in [-0.25, -0.2) is 4.39 Å². The van der Waals surface area contributed by atoms with Gasteiger partial charge in [0.2, 0.25) is 0 Å². The lowest BCUT2D eigenvalue weighted by atomic mass is 10.00. The number of alkyl halides is 5. The summed E-state index contributed by atoms with van der Waals surface area (Å²) >= 11 is 0. The van der Waals surface area contributed by atoms with Gasteiger partial charge in [0.1, 0.15) is 6.04 Å². The summed E-state index contributed by atoms with van der Waals surface area (Å²) in [5.74, 6) is -7.90. The Bertz CT molecular complexity index is 416. The molecule has 8 heteroatoms. The van der Waals surface area contributed by atoms with E-state index in [1.807, 2.05) is 0 Å². The first-order chi connectivity index (χ1) is 7.59. The Morgan fingerprint density at radius 3 is 2.12 bits per heavy atom. The van der Waals surface area contributed by atoms with Crippen LogP contribution in [0.2, 0.25) is 0 Å². The van der Waals surface area contributed by atoms with Crippen molar-refractivity contribution >= 4 is 0 Å². The molecule has 0 saturated carbocycles. The summed E-state index contributed by atoms with van der Waals surface area (Å²) in [6.45, 7) is 0. The fourth-order valence-corrected chi connectivity index (χ4v) is 1.15. The van der Waals surface area contributed by atoms with E-state index in [1.165, 1.54) is 0 Å². The van der Waals surface area contributed by atoms with Gasteiger partial charge in [0.05, 0.1) is 0 Å². The predicted molar refractivity (Wildman–Crippen MR) is 46.0 cm³/mol. The van der Waals surface area contributed by atoms with Crippen LogP contribution in [0.5, 0.6) is 5.75 Å². The molecule has 3 N–H and O–H groups in total. The maximum atomic E-state index is 12.8. The monoisotopic (exact) mass is 259 g/mol. The zero-order valence-electron chi connectivity index (χ0n) is 8.10. The van der Waals surface area contributed by atoms with E-state index in [1.54, 1.807) is 0 Å². The molecular weight excluding hydrogens is 252 g/mol. The third-order valence-corrected chi connectivity index (χ3v) is 2.12. The van der Waals surface area contributed by atoms with Crippen molar-refractivity contribution in [1.82, 2.24) is 0 Å². The van der Waals surface area contributed by atoms with Crippen molar-refractivity contribution in [3.8, 4) is 5.75 Å². The lowest BCUT2D eigenvalue weighted by Crippen LogP contribution is -2.45. The molecule has 0 saturated heterocycles. The zero-order valence-corrected chi connectivity index (χ0v) is 8.10. The molecule has 0 unspecified atom stereocenters. The fraction of sp³-hybridized carbons (Fsp3) is 0.333. The Hall–Kier alpha value is -1.44. The zero-order chi connectivity index (χ0) is 13.4. The van der Waals surface area contributed by atoms with Gasteiger partial charge in [-0.15, -0.1) is 0 Å². The molecule has 0 aliphatic heterocycles. The summed E-state index contributed by atoms with van der Waals surface area (Å²) in [6.07, 6.45) is -5.88. The molecule has 0 aliphatic carbocycles. The Kier molecular flexibility index (Phi) is 3.28. The van der Waals surface area contributed by atoms with Gasteiger partial charge < -0.3 is 10.8 Å². The third kappa shape index (κ3) is 2.31. The van der Waals surface area contributed by atoms with E-state index >= 15 is 0 Å². The fourth-order valence-electron chi connectivity index (χ4n) is 1.15. The maximum Gasteiger partial charge on any atom is 0.455 e. The molecule has 2 nitrogen and oxygen atoms in total. The second-order valence-corrected chi connectivity index (χ2v) is 3.28. The molecule has 0 amide bonds. The normalized spacial score (nSPS) is 14.8. The average molecular weight is 259 g/mol. The van der Waals surface area contributed by atoms with Gasteiger partial charge >= 0.3 is 12.1 Å². The van der Waals surface area contributed by atoms with Crippen LogP contribution in [-0.4, -0.2) is 17.2 Å². The number of rotatable bonds is 2. The average Bonchev–Trinajstić information content (AvgIpc) is 2.19. The summed E-state index contributed by atoms with van der Waals surface area (Å²) in [5.41, 5.74) is 3.72. The number of hydrogen-bond acceptors (Lipinski definition) is 2. The standard InChI is InChI=1S/C9H7F6NO/c10-5-3-1-2-4(6(5)17)7(16)8(11,12)9(13,14)15/h1-3,7,17H,16H2/t7-/m0/s1. The van der Waals surface area contributed by atoms with E-state index < -0.39 is 35.3 Å². The number of nitrogens with two attached hydrogens (primary N) is 1. The van der Waals surface area contributed by atoms with E-state index in [4.69, 9.17) is 10.8 Å². The van der Waals surface area contributed by atoms with Crippen molar-refractivity contribution in [2.75, 3.05) is 0 Å². The van der Waals surface area contributed by atoms with Gasteiger partial charge in [0, 0.05) is 5.56 Å². The summed E-state index contributed by atoms with van der Waals surface area (Å²) in [7, 11) is 0. The molecule has 1 aromatic rings. The minimum absolute atomic E-state index is 0.697. The lowest BCUT2D eigenvalue weighted by Gasteiger charge is -2.26. The molecule has 0 aromatic heterocycles. The Labute approximate surface area is 91.7 Å². The minimum atomic E-state index is -5.88.